The number of ether oxygens (including phenoxy) is 1. The molecular weight excluding hydrogens is 366 g/mol. The molecule has 0 N–H and O–H groups in total. The van der Waals surface area contributed by atoms with Crippen LogP contribution in [0.1, 0.15) is 11.1 Å². The minimum absolute atomic E-state index is 0.177. The van der Waals surface area contributed by atoms with Crippen molar-refractivity contribution in [2.24, 2.45) is 0 Å². The highest BCUT2D eigenvalue weighted by Crippen LogP contribution is 2.36. The summed E-state index contributed by atoms with van der Waals surface area (Å²) in [5.41, 5.74) is -1.10. The first-order chi connectivity index (χ1) is 12.0. The number of alkyl halides is 6. The second-order valence-electron chi connectivity index (χ2n) is 4.98. The Morgan fingerprint density at radius 1 is 1.15 bits per heavy atom. The Balaban J connectivity index is 2.46. The summed E-state index contributed by atoms with van der Waals surface area (Å²) >= 11 is 0. The molecule has 0 unspecified atom stereocenters. The van der Waals surface area contributed by atoms with Gasteiger partial charge in [0.25, 0.3) is 0 Å². The van der Waals surface area contributed by atoms with E-state index >= 15 is 0 Å². The fourth-order valence-corrected chi connectivity index (χ4v) is 1.94. The van der Waals surface area contributed by atoms with E-state index in [9.17, 15) is 26.3 Å². The van der Waals surface area contributed by atoms with E-state index in [0.717, 1.165) is 0 Å². The number of nitrogens with zero attached hydrogens (tertiary/aromatic N) is 4. The molecule has 0 fully saturated rings. The number of benzene rings is 1. The van der Waals surface area contributed by atoms with E-state index < -0.39 is 30.4 Å². The van der Waals surface area contributed by atoms with E-state index in [1.807, 2.05) is 6.07 Å². The van der Waals surface area contributed by atoms with Crippen LogP contribution in [0.3, 0.4) is 0 Å². The number of aromatic nitrogens is 2. The van der Waals surface area contributed by atoms with Crippen LogP contribution in [-0.2, 0) is 6.18 Å². The van der Waals surface area contributed by atoms with E-state index in [1.165, 1.54) is 24.1 Å². The van der Waals surface area contributed by atoms with Crippen molar-refractivity contribution >= 4 is 11.6 Å². The Morgan fingerprint density at radius 2 is 1.81 bits per heavy atom. The second-order valence-corrected chi connectivity index (χ2v) is 4.98. The minimum atomic E-state index is -5.00. The fourth-order valence-electron chi connectivity index (χ4n) is 1.94. The first kappa shape index (κ1) is 19.3. The largest absolute Gasteiger partial charge is 0.467 e. The molecule has 0 bridgehead atoms. The molecule has 0 spiro atoms. The summed E-state index contributed by atoms with van der Waals surface area (Å²) in [6.07, 6.45) is -9.50. The average Bonchev–Trinajstić information content (AvgIpc) is 2.57. The van der Waals surface area contributed by atoms with Crippen molar-refractivity contribution in [2.45, 2.75) is 12.4 Å². The topological polar surface area (TPSA) is 62.0 Å². The maximum Gasteiger partial charge on any atom is 0.423 e. The smallest absolute Gasteiger partial charge is 0.423 e. The van der Waals surface area contributed by atoms with Crippen LogP contribution in [0.2, 0.25) is 0 Å². The molecule has 2 aromatic rings. The molecule has 0 saturated heterocycles. The lowest BCUT2D eigenvalue weighted by atomic mass is 10.2. The third-order valence-corrected chi connectivity index (χ3v) is 3.10. The van der Waals surface area contributed by atoms with E-state index in [-0.39, 0.29) is 17.2 Å². The van der Waals surface area contributed by atoms with Gasteiger partial charge in [-0.2, -0.15) is 36.6 Å². The van der Waals surface area contributed by atoms with Crippen LogP contribution in [0.4, 0.5) is 38.0 Å². The average molecular weight is 376 g/mol. The molecule has 1 aromatic carbocycles. The van der Waals surface area contributed by atoms with Gasteiger partial charge in [-0.3, -0.25) is 0 Å². The molecule has 0 saturated carbocycles. The van der Waals surface area contributed by atoms with Crippen molar-refractivity contribution in [3.8, 4) is 11.9 Å². The Kier molecular flexibility index (Phi) is 5.25. The maximum absolute atomic E-state index is 12.9. The standard InChI is InChI=1S/C15H10F6N4O/c1-25(11-5-3-2-4-9(11)6-22)13-23-7-10(15(19,20)21)12(24-13)26-8-14(16,17)18/h2-5,7H,8H2,1H3. The van der Waals surface area contributed by atoms with Crippen molar-refractivity contribution in [3.63, 3.8) is 0 Å². The number of para-hydroxylation sites is 1. The van der Waals surface area contributed by atoms with Crippen LogP contribution in [0.25, 0.3) is 0 Å². The molecule has 2 rings (SSSR count). The summed E-state index contributed by atoms with van der Waals surface area (Å²) in [6, 6.07) is 7.96. The van der Waals surface area contributed by atoms with E-state index in [0.29, 0.717) is 6.20 Å². The monoisotopic (exact) mass is 376 g/mol. The summed E-state index contributed by atoms with van der Waals surface area (Å²) < 4.78 is 79.9. The van der Waals surface area contributed by atoms with Crippen molar-refractivity contribution < 1.29 is 31.1 Å². The number of halogens is 6. The van der Waals surface area contributed by atoms with Crippen molar-refractivity contribution in [3.05, 3.63) is 41.6 Å². The summed E-state index contributed by atoms with van der Waals surface area (Å²) in [7, 11) is 1.35. The zero-order valence-corrected chi connectivity index (χ0v) is 13.1. The molecule has 138 valence electrons. The van der Waals surface area contributed by atoms with Gasteiger partial charge >= 0.3 is 12.4 Å². The second kappa shape index (κ2) is 7.07. The van der Waals surface area contributed by atoms with Gasteiger partial charge in [-0.05, 0) is 12.1 Å². The van der Waals surface area contributed by atoms with Crippen LogP contribution < -0.4 is 9.64 Å². The third-order valence-electron chi connectivity index (χ3n) is 3.10. The van der Waals surface area contributed by atoms with Gasteiger partial charge < -0.3 is 9.64 Å². The fraction of sp³-hybridized carbons (Fsp3) is 0.267. The van der Waals surface area contributed by atoms with Gasteiger partial charge in [0.1, 0.15) is 11.6 Å². The van der Waals surface area contributed by atoms with Gasteiger partial charge in [0.15, 0.2) is 6.61 Å². The predicted octanol–water partition coefficient (Wildman–Crippen LogP) is 4.08. The van der Waals surface area contributed by atoms with Gasteiger partial charge in [0.2, 0.25) is 11.8 Å². The molecular formula is C15H10F6N4O. The van der Waals surface area contributed by atoms with Crippen LogP contribution >= 0.6 is 0 Å². The molecule has 0 radical (unpaired) electrons. The molecule has 1 aromatic heterocycles. The van der Waals surface area contributed by atoms with Crippen LogP contribution in [0.15, 0.2) is 30.5 Å². The quantitative estimate of drug-likeness (QED) is 0.753. The molecule has 11 heteroatoms. The molecule has 0 aliphatic rings. The zero-order valence-electron chi connectivity index (χ0n) is 13.1. The van der Waals surface area contributed by atoms with E-state index in [2.05, 4.69) is 14.7 Å². The summed E-state index contributed by atoms with van der Waals surface area (Å²) in [5.74, 6) is -1.61. The van der Waals surface area contributed by atoms with Gasteiger partial charge in [-0.1, -0.05) is 12.1 Å². The molecule has 0 atom stereocenters. The molecule has 0 aliphatic heterocycles. The Hall–Kier alpha value is -3.03. The Labute approximate surface area is 143 Å². The highest BCUT2D eigenvalue weighted by Gasteiger charge is 2.38. The molecule has 26 heavy (non-hydrogen) atoms. The van der Waals surface area contributed by atoms with Gasteiger partial charge in [-0.25, -0.2) is 4.98 Å². The minimum Gasteiger partial charge on any atom is -0.467 e. The van der Waals surface area contributed by atoms with E-state index in [4.69, 9.17) is 5.26 Å². The number of nitriles is 1. The first-order valence-electron chi connectivity index (χ1n) is 6.89. The predicted molar refractivity (Wildman–Crippen MR) is 77.8 cm³/mol. The molecule has 0 aliphatic carbocycles. The number of rotatable bonds is 4. The highest BCUT2D eigenvalue weighted by molar-refractivity contribution is 5.65. The Morgan fingerprint density at radius 3 is 2.38 bits per heavy atom. The van der Waals surface area contributed by atoms with E-state index in [1.54, 1.807) is 12.1 Å². The van der Waals surface area contributed by atoms with Crippen molar-refractivity contribution in [1.82, 2.24) is 9.97 Å². The van der Waals surface area contributed by atoms with Gasteiger partial charge in [0.05, 0.1) is 11.3 Å². The highest BCUT2D eigenvalue weighted by atomic mass is 19.4. The molecule has 0 amide bonds. The maximum atomic E-state index is 12.9. The SMILES string of the molecule is CN(c1ncc(C(F)(F)F)c(OCC(F)(F)F)n1)c1ccccc1C#N. The van der Waals surface area contributed by atoms with Crippen LogP contribution in [0, 0.1) is 11.3 Å². The van der Waals surface area contributed by atoms with Gasteiger partial charge in [0, 0.05) is 13.2 Å². The number of hydrogen-bond acceptors (Lipinski definition) is 5. The van der Waals surface area contributed by atoms with Crippen molar-refractivity contribution in [2.75, 3.05) is 18.6 Å². The molecule has 5 nitrogen and oxygen atoms in total. The number of anilines is 2. The Bertz CT molecular complexity index is 828. The van der Waals surface area contributed by atoms with Gasteiger partial charge in [-0.15, -0.1) is 0 Å². The molecule has 1 heterocycles. The third kappa shape index (κ3) is 4.53. The lowest BCUT2D eigenvalue weighted by Gasteiger charge is -2.20. The van der Waals surface area contributed by atoms with Crippen LogP contribution in [-0.4, -0.2) is 29.8 Å². The summed E-state index contributed by atoms with van der Waals surface area (Å²) in [5, 5.41) is 9.08. The normalized spacial score (nSPS) is 11.8. The van der Waals surface area contributed by atoms with Crippen molar-refractivity contribution in [1.29, 1.82) is 5.26 Å². The zero-order chi connectivity index (χ0) is 19.5. The van der Waals surface area contributed by atoms with Crippen LogP contribution in [0.5, 0.6) is 5.88 Å². The lowest BCUT2D eigenvalue weighted by molar-refractivity contribution is -0.159. The lowest BCUT2D eigenvalue weighted by Crippen LogP contribution is -2.23. The number of hydrogen-bond donors (Lipinski definition) is 0. The first-order valence-corrected chi connectivity index (χ1v) is 6.89. The summed E-state index contributed by atoms with van der Waals surface area (Å²) in [4.78, 5) is 8.15. The summed E-state index contributed by atoms with van der Waals surface area (Å²) in [6.45, 7) is -1.94.